The van der Waals surface area contributed by atoms with Crippen molar-refractivity contribution < 1.29 is 14.6 Å². The van der Waals surface area contributed by atoms with Gasteiger partial charge in [-0.15, -0.1) is 0 Å². The molecule has 0 aromatic heterocycles. The van der Waals surface area contributed by atoms with E-state index < -0.39 is 0 Å². The molecule has 0 spiro atoms. The number of phenols is 1. The molecule has 0 atom stereocenters. The van der Waals surface area contributed by atoms with Gasteiger partial charge in [-0.25, -0.2) is 0 Å². The zero-order chi connectivity index (χ0) is 9.84. The second kappa shape index (κ2) is 4.14. The summed E-state index contributed by atoms with van der Waals surface area (Å²) in [6.07, 6.45) is 0.550. The summed E-state index contributed by atoms with van der Waals surface area (Å²) in [5.41, 5.74) is 0.174. The average molecular weight is 201 g/mol. The Morgan fingerprint density at radius 2 is 2.31 bits per heavy atom. The second-order valence-corrected chi connectivity index (χ2v) is 2.80. The minimum Gasteiger partial charge on any atom is -0.507 e. The molecule has 0 saturated carbocycles. The predicted molar refractivity (Wildman–Crippen MR) is 49.7 cm³/mol. The number of carbonyl (C=O) groups excluding carboxylic acids is 1. The molecule has 0 fully saturated rings. The zero-order valence-corrected chi connectivity index (χ0v) is 7.84. The van der Waals surface area contributed by atoms with E-state index in [1.54, 1.807) is 0 Å². The normalized spacial score (nSPS) is 9.69. The minimum absolute atomic E-state index is 0.136. The van der Waals surface area contributed by atoms with Gasteiger partial charge in [0.1, 0.15) is 11.5 Å². The van der Waals surface area contributed by atoms with Gasteiger partial charge in [-0.3, -0.25) is 4.79 Å². The van der Waals surface area contributed by atoms with E-state index in [9.17, 15) is 9.90 Å². The zero-order valence-electron chi connectivity index (χ0n) is 7.08. The fourth-order valence-electron chi connectivity index (χ4n) is 0.919. The van der Waals surface area contributed by atoms with Crippen LogP contribution in [0, 0.1) is 0 Å². The lowest BCUT2D eigenvalue weighted by Gasteiger charge is -2.06. The highest BCUT2D eigenvalue weighted by Crippen LogP contribution is 2.30. The van der Waals surface area contributed by atoms with Crippen LogP contribution in [0.2, 0.25) is 5.02 Å². The number of rotatable bonds is 3. The molecule has 0 aliphatic heterocycles. The summed E-state index contributed by atoms with van der Waals surface area (Å²) in [6, 6.07) is 2.70. The van der Waals surface area contributed by atoms with E-state index in [0.29, 0.717) is 23.7 Å². The van der Waals surface area contributed by atoms with Gasteiger partial charge in [0.2, 0.25) is 0 Å². The maximum Gasteiger partial charge on any atom is 0.153 e. The maximum absolute atomic E-state index is 10.4. The van der Waals surface area contributed by atoms with Crippen molar-refractivity contribution in [1.29, 1.82) is 0 Å². The van der Waals surface area contributed by atoms with E-state index >= 15 is 0 Å². The Bertz CT molecular complexity index is 323. The fourth-order valence-corrected chi connectivity index (χ4v) is 1.13. The van der Waals surface area contributed by atoms with Crippen LogP contribution in [-0.4, -0.2) is 18.0 Å². The third kappa shape index (κ3) is 2.12. The minimum atomic E-state index is -0.136. The van der Waals surface area contributed by atoms with Crippen molar-refractivity contribution >= 4 is 17.9 Å². The first-order valence-corrected chi connectivity index (χ1v) is 4.17. The second-order valence-electron chi connectivity index (χ2n) is 2.39. The molecule has 1 aromatic carbocycles. The number of ether oxygens (including phenoxy) is 1. The van der Waals surface area contributed by atoms with Gasteiger partial charge in [0.05, 0.1) is 17.2 Å². The number of hydrogen-bond donors (Lipinski definition) is 1. The largest absolute Gasteiger partial charge is 0.507 e. The third-order valence-electron chi connectivity index (χ3n) is 1.51. The lowest BCUT2D eigenvalue weighted by atomic mass is 10.2. The third-order valence-corrected chi connectivity index (χ3v) is 1.80. The van der Waals surface area contributed by atoms with Gasteiger partial charge in [-0.1, -0.05) is 11.6 Å². The van der Waals surface area contributed by atoms with Crippen molar-refractivity contribution in [3.63, 3.8) is 0 Å². The van der Waals surface area contributed by atoms with Crippen LogP contribution < -0.4 is 4.74 Å². The Morgan fingerprint density at radius 3 is 2.85 bits per heavy atom. The summed E-state index contributed by atoms with van der Waals surface area (Å²) in [4.78, 5) is 10.4. The van der Waals surface area contributed by atoms with Crippen molar-refractivity contribution in [3.05, 3.63) is 22.7 Å². The van der Waals surface area contributed by atoms with Crippen LogP contribution in [0.15, 0.2) is 12.1 Å². The molecule has 13 heavy (non-hydrogen) atoms. The van der Waals surface area contributed by atoms with Crippen molar-refractivity contribution in [3.8, 4) is 11.5 Å². The summed E-state index contributed by atoms with van der Waals surface area (Å²) in [6.45, 7) is 2.27. The van der Waals surface area contributed by atoms with Crippen LogP contribution in [0.4, 0.5) is 0 Å². The molecule has 0 heterocycles. The summed E-state index contributed by atoms with van der Waals surface area (Å²) < 4.78 is 5.13. The Morgan fingerprint density at radius 1 is 1.62 bits per heavy atom. The Kier molecular flexibility index (Phi) is 3.14. The lowest BCUT2D eigenvalue weighted by molar-refractivity contribution is 0.112. The van der Waals surface area contributed by atoms with Crippen LogP contribution in [0.5, 0.6) is 11.5 Å². The highest BCUT2D eigenvalue weighted by molar-refractivity contribution is 6.32. The van der Waals surface area contributed by atoms with Gasteiger partial charge in [0.15, 0.2) is 6.29 Å². The fraction of sp³-hybridized carbons (Fsp3) is 0.222. The summed E-state index contributed by atoms with van der Waals surface area (Å²) in [7, 11) is 0. The van der Waals surface area contributed by atoms with Gasteiger partial charge in [0, 0.05) is 6.07 Å². The summed E-state index contributed by atoms with van der Waals surface area (Å²) in [5, 5.41) is 9.51. The summed E-state index contributed by atoms with van der Waals surface area (Å²) in [5.74, 6) is 0.271. The molecule has 1 N–H and O–H groups in total. The van der Waals surface area contributed by atoms with Crippen LogP contribution in [-0.2, 0) is 0 Å². The highest BCUT2D eigenvalue weighted by Gasteiger charge is 2.07. The monoisotopic (exact) mass is 200 g/mol. The molecule has 1 aromatic rings. The van der Waals surface area contributed by atoms with Crippen molar-refractivity contribution in [2.45, 2.75) is 6.92 Å². The van der Waals surface area contributed by atoms with Gasteiger partial charge in [-0.05, 0) is 13.0 Å². The van der Waals surface area contributed by atoms with E-state index in [2.05, 4.69) is 0 Å². The van der Waals surface area contributed by atoms with Gasteiger partial charge >= 0.3 is 0 Å². The first kappa shape index (κ1) is 9.86. The molecule has 4 heteroatoms. The summed E-state index contributed by atoms with van der Waals surface area (Å²) >= 11 is 5.74. The maximum atomic E-state index is 10.4. The number of phenolic OH excluding ortho intramolecular Hbond substituents is 1. The van der Waals surface area contributed by atoms with Gasteiger partial charge in [0.25, 0.3) is 0 Å². The quantitative estimate of drug-likeness (QED) is 0.762. The molecule has 0 radical (unpaired) electrons. The van der Waals surface area contributed by atoms with E-state index in [4.69, 9.17) is 16.3 Å². The lowest BCUT2D eigenvalue weighted by Crippen LogP contribution is -1.93. The number of hydrogen-bond acceptors (Lipinski definition) is 3. The number of carbonyl (C=O) groups is 1. The molecular formula is C9H9ClO3. The van der Waals surface area contributed by atoms with Crippen LogP contribution in [0.3, 0.4) is 0 Å². The van der Waals surface area contributed by atoms with Crippen molar-refractivity contribution in [1.82, 2.24) is 0 Å². The number of aldehydes is 1. The number of aromatic hydroxyl groups is 1. The molecule has 0 aliphatic rings. The standard InChI is InChI=1S/C9H9ClO3/c1-2-13-9-3-6(5-11)8(12)4-7(9)10/h3-5,12H,2H2,1H3. The first-order valence-electron chi connectivity index (χ1n) is 3.79. The molecule has 0 saturated heterocycles. The van der Waals surface area contributed by atoms with Crippen LogP contribution in [0.1, 0.15) is 17.3 Å². The highest BCUT2D eigenvalue weighted by atomic mass is 35.5. The van der Waals surface area contributed by atoms with Crippen LogP contribution in [0.25, 0.3) is 0 Å². The van der Waals surface area contributed by atoms with E-state index in [1.165, 1.54) is 12.1 Å². The Balaban J connectivity index is 3.14. The Hall–Kier alpha value is -1.22. The SMILES string of the molecule is CCOc1cc(C=O)c(O)cc1Cl. The topological polar surface area (TPSA) is 46.5 Å². The van der Waals surface area contributed by atoms with E-state index in [0.717, 1.165) is 0 Å². The molecule has 1 rings (SSSR count). The van der Waals surface area contributed by atoms with Gasteiger partial charge in [-0.2, -0.15) is 0 Å². The van der Waals surface area contributed by atoms with E-state index in [-0.39, 0.29) is 11.3 Å². The number of benzene rings is 1. The van der Waals surface area contributed by atoms with Gasteiger partial charge < -0.3 is 9.84 Å². The molecule has 0 bridgehead atoms. The smallest absolute Gasteiger partial charge is 0.153 e. The van der Waals surface area contributed by atoms with Crippen molar-refractivity contribution in [2.24, 2.45) is 0 Å². The van der Waals surface area contributed by atoms with Crippen molar-refractivity contribution in [2.75, 3.05) is 6.61 Å². The number of halogens is 1. The molecule has 3 nitrogen and oxygen atoms in total. The molecule has 0 aliphatic carbocycles. The molecular weight excluding hydrogens is 192 g/mol. The Labute approximate surface area is 80.9 Å². The molecule has 0 amide bonds. The first-order chi connectivity index (χ1) is 6.19. The predicted octanol–water partition coefficient (Wildman–Crippen LogP) is 2.26. The molecule has 70 valence electrons. The average Bonchev–Trinajstić information content (AvgIpc) is 2.10. The van der Waals surface area contributed by atoms with Crippen LogP contribution >= 0.6 is 11.6 Å². The van der Waals surface area contributed by atoms with E-state index in [1.807, 2.05) is 6.92 Å². The molecule has 0 unspecified atom stereocenters.